The zero-order valence-electron chi connectivity index (χ0n) is 16.1. The average molecular weight is 395 g/mol. The van der Waals surface area contributed by atoms with E-state index < -0.39 is 0 Å². The van der Waals surface area contributed by atoms with Crippen molar-refractivity contribution < 1.29 is 9.21 Å². The van der Waals surface area contributed by atoms with Crippen molar-refractivity contribution in [3.05, 3.63) is 96.4 Å². The number of para-hydroxylation sites is 1. The fourth-order valence-corrected chi connectivity index (χ4v) is 3.27. The van der Waals surface area contributed by atoms with Gasteiger partial charge >= 0.3 is 0 Å². The summed E-state index contributed by atoms with van der Waals surface area (Å²) in [6, 6.07) is 22.4. The molecule has 0 spiro atoms. The summed E-state index contributed by atoms with van der Waals surface area (Å²) in [5.74, 6) is 1.26. The highest BCUT2D eigenvalue weighted by molar-refractivity contribution is 6.12. The number of aromatic nitrogens is 4. The minimum absolute atomic E-state index is 0.150. The number of carbonyl (C=O) groups excluding carboxylic acids is 1. The van der Waals surface area contributed by atoms with Gasteiger partial charge in [-0.05, 0) is 24.3 Å². The number of benzene rings is 2. The van der Waals surface area contributed by atoms with Gasteiger partial charge in [0.2, 0.25) is 11.8 Å². The molecule has 5 aromatic rings. The van der Waals surface area contributed by atoms with E-state index in [2.05, 4.69) is 15.1 Å². The van der Waals surface area contributed by atoms with Crippen LogP contribution in [0.2, 0.25) is 0 Å². The molecular weight excluding hydrogens is 378 g/mol. The molecule has 0 aliphatic carbocycles. The normalized spacial score (nSPS) is 11.0. The van der Waals surface area contributed by atoms with Crippen LogP contribution in [0.4, 0.5) is 11.6 Å². The Balaban J connectivity index is 1.72. The number of furan rings is 1. The van der Waals surface area contributed by atoms with Crippen molar-refractivity contribution >= 4 is 23.1 Å². The van der Waals surface area contributed by atoms with Crippen LogP contribution in [0, 0.1) is 0 Å². The van der Waals surface area contributed by atoms with Gasteiger partial charge in [-0.25, -0.2) is 4.98 Å². The highest BCUT2D eigenvalue weighted by Crippen LogP contribution is 2.27. The minimum Gasteiger partial charge on any atom is -0.461 e. The number of nitrogens with zero attached hydrogens (tertiary/aromatic N) is 5. The van der Waals surface area contributed by atoms with Crippen LogP contribution >= 0.6 is 0 Å². The van der Waals surface area contributed by atoms with Crippen molar-refractivity contribution in [3.8, 4) is 11.6 Å². The third-order valence-corrected chi connectivity index (χ3v) is 4.82. The van der Waals surface area contributed by atoms with E-state index >= 15 is 0 Å². The molecule has 3 heterocycles. The molecule has 0 N–H and O–H groups in total. The lowest BCUT2D eigenvalue weighted by Gasteiger charge is -2.19. The third-order valence-electron chi connectivity index (χ3n) is 4.82. The highest BCUT2D eigenvalue weighted by atomic mass is 16.3. The monoisotopic (exact) mass is 395 g/mol. The molecule has 0 fully saturated rings. The van der Waals surface area contributed by atoms with E-state index in [4.69, 9.17) is 4.42 Å². The summed E-state index contributed by atoms with van der Waals surface area (Å²) in [5, 5.41) is 4.43. The average Bonchev–Trinajstić information content (AvgIpc) is 3.49. The van der Waals surface area contributed by atoms with Gasteiger partial charge in [-0.1, -0.05) is 48.5 Å². The van der Waals surface area contributed by atoms with E-state index in [-0.39, 0.29) is 5.78 Å². The molecule has 7 nitrogen and oxygen atoms in total. The van der Waals surface area contributed by atoms with E-state index in [0.29, 0.717) is 34.3 Å². The van der Waals surface area contributed by atoms with Crippen molar-refractivity contribution in [2.24, 2.45) is 0 Å². The van der Waals surface area contributed by atoms with Crippen LogP contribution in [-0.2, 0) is 0 Å². The summed E-state index contributed by atoms with van der Waals surface area (Å²) >= 11 is 0. The molecular formula is C23H17N5O2. The molecule has 5 rings (SSSR count). The Morgan fingerprint density at radius 1 is 0.933 bits per heavy atom. The first kappa shape index (κ1) is 17.8. The maximum absolute atomic E-state index is 13.1. The topological polar surface area (TPSA) is 76.5 Å². The molecule has 146 valence electrons. The molecule has 0 saturated heterocycles. The van der Waals surface area contributed by atoms with Crippen molar-refractivity contribution in [2.75, 3.05) is 11.9 Å². The largest absolute Gasteiger partial charge is 0.461 e. The zero-order valence-corrected chi connectivity index (χ0v) is 16.1. The standard InChI is InChI=1S/C23H17N5O2/c1-27(17-11-6-3-7-12-17)23-26-21(19-13-8-14-30-19)25-22-18(15-24-28(22)23)20(29)16-9-4-2-5-10-16/h2-15H,1H3. The van der Waals surface area contributed by atoms with Gasteiger partial charge in [0.15, 0.2) is 17.2 Å². The molecule has 0 saturated carbocycles. The quantitative estimate of drug-likeness (QED) is 0.411. The third kappa shape index (κ3) is 3.02. The predicted molar refractivity (Wildman–Crippen MR) is 113 cm³/mol. The maximum atomic E-state index is 13.1. The van der Waals surface area contributed by atoms with Crippen molar-refractivity contribution in [1.82, 2.24) is 19.6 Å². The zero-order chi connectivity index (χ0) is 20.5. The van der Waals surface area contributed by atoms with Gasteiger partial charge < -0.3 is 9.32 Å². The Kier molecular flexibility index (Phi) is 4.33. The van der Waals surface area contributed by atoms with Crippen LogP contribution < -0.4 is 4.90 Å². The van der Waals surface area contributed by atoms with Crippen molar-refractivity contribution in [3.63, 3.8) is 0 Å². The van der Waals surface area contributed by atoms with Gasteiger partial charge in [-0.15, -0.1) is 0 Å². The summed E-state index contributed by atoms with van der Waals surface area (Å²) < 4.78 is 7.09. The lowest BCUT2D eigenvalue weighted by Crippen LogP contribution is -2.17. The van der Waals surface area contributed by atoms with Gasteiger partial charge in [-0.3, -0.25) is 4.79 Å². The Morgan fingerprint density at radius 3 is 2.37 bits per heavy atom. The summed E-state index contributed by atoms with van der Waals surface area (Å²) in [7, 11) is 1.89. The van der Waals surface area contributed by atoms with Gasteiger partial charge in [0.05, 0.1) is 18.0 Å². The lowest BCUT2D eigenvalue weighted by molar-refractivity contribution is 0.104. The molecule has 0 aliphatic heterocycles. The van der Waals surface area contributed by atoms with E-state index in [1.807, 2.05) is 60.5 Å². The van der Waals surface area contributed by atoms with Crippen LogP contribution in [0.25, 0.3) is 17.2 Å². The van der Waals surface area contributed by atoms with Crippen molar-refractivity contribution in [2.45, 2.75) is 0 Å². The first-order chi connectivity index (χ1) is 14.7. The fraction of sp³-hybridized carbons (Fsp3) is 0.0435. The molecule has 0 amide bonds. The molecule has 0 unspecified atom stereocenters. The Labute approximate surface area is 172 Å². The summed E-state index contributed by atoms with van der Waals surface area (Å²) in [4.78, 5) is 24.3. The molecule has 2 aromatic carbocycles. The number of rotatable bonds is 5. The summed E-state index contributed by atoms with van der Waals surface area (Å²) in [6.45, 7) is 0. The van der Waals surface area contributed by atoms with Crippen LogP contribution in [0.15, 0.2) is 89.7 Å². The predicted octanol–water partition coefficient (Wildman–Crippen LogP) is 4.38. The van der Waals surface area contributed by atoms with E-state index in [1.54, 1.807) is 35.0 Å². The fourth-order valence-electron chi connectivity index (χ4n) is 3.27. The second kappa shape index (κ2) is 7.29. The second-order valence-corrected chi connectivity index (χ2v) is 6.71. The molecule has 0 aliphatic rings. The highest BCUT2D eigenvalue weighted by Gasteiger charge is 2.22. The van der Waals surface area contributed by atoms with Crippen LogP contribution in [0.5, 0.6) is 0 Å². The summed E-state index contributed by atoms with van der Waals surface area (Å²) in [5.41, 5.74) is 2.32. The molecule has 0 atom stereocenters. The van der Waals surface area contributed by atoms with Crippen LogP contribution in [0.3, 0.4) is 0 Å². The van der Waals surface area contributed by atoms with E-state index in [0.717, 1.165) is 5.69 Å². The lowest BCUT2D eigenvalue weighted by atomic mass is 10.1. The number of fused-ring (bicyclic) bond motifs is 1. The Hall–Kier alpha value is -4.26. The maximum Gasteiger partial charge on any atom is 0.235 e. The van der Waals surface area contributed by atoms with E-state index in [9.17, 15) is 4.79 Å². The number of anilines is 2. The van der Waals surface area contributed by atoms with Crippen LogP contribution in [0.1, 0.15) is 15.9 Å². The molecule has 0 radical (unpaired) electrons. The second-order valence-electron chi connectivity index (χ2n) is 6.71. The number of hydrogen-bond acceptors (Lipinski definition) is 6. The molecule has 3 aromatic heterocycles. The SMILES string of the molecule is CN(c1ccccc1)c1nc(-c2ccco2)nc2c(C(=O)c3ccccc3)cnn12. The number of hydrogen-bond donors (Lipinski definition) is 0. The number of carbonyl (C=O) groups is 1. The Morgan fingerprint density at radius 2 is 1.67 bits per heavy atom. The van der Waals surface area contributed by atoms with E-state index in [1.165, 1.54) is 6.20 Å². The molecule has 7 heteroatoms. The first-order valence-corrected chi connectivity index (χ1v) is 9.40. The van der Waals surface area contributed by atoms with Gasteiger partial charge in [0.1, 0.15) is 0 Å². The summed E-state index contributed by atoms with van der Waals surface area (Å²) in [6.07, 6.45) is 3.10. The first-order valence-electron chi connectivity index (χ1n) is 9.40. The van der Waals surface area contributed by atoms with Gasteiger partial charge in [-0.2, -0.15) is 14.6 Å². The minimum atomic E-state index is -0.150. The van der Waals surface area contributed by atoms with Crippen molar-refractivity contribution in [1.29, 1.82) is 0 Å². The van der Waals surface area contributed by atoms with Gasteiger partial charge in [0.25, 0.3) is 0 Å². The number of ketones is 1. The Bertz CT molecular complexity index is 1310. The molecule has 30 heavy (non-hydrogen) atoms. The smallest absolute Gasteiger partial charge is 0.235 e. The molecule has 0 bridgehead atoms. The van der Waals surface area contributed by atoms with Gasteiger partial charge in [0, 0.05) is 18.3 Å². The van der Waals surface area contributed by atoms with Crippen LogP contribution in [-0.4, -0.2) is 32.4 Å².